The average Bonchev–Trinajstić information content (AvgIpc) is 2.47. The maximum absolute atomic E-state index is 10.6. The van der Waals surface area contributed by atoms with Crippen LogP contribution in [0, 0.1) is 0 Å². The van der Waals surface area contributed by atoms with Crippen LogP contribution in [0.15, 0.2) is 15.4 Å². The molecule has 1 rings (SSSR count). The molecule has 6 nitrogen and oxygen atoms in total. The van der Waals surface area contributed by atoms with E-state index in [4.69, 9.17) is 5.73 Å². The molecule has 1 aromatic heterocycles. The van der Waals surface area contributed by atoms with Crippen LogP contribution in [-0.4, -0.2) is 17.6 Å². The van der Waals surface area contributed by atoms with Crippen molar-refractivity contribution in [3.05, 3.63) is 22.2 Å². The van der Waals surface area contributed by atoms with E-state index in [0.717, 1.165) is 0 Å². The minimum absolute atomic E-state index is 0. The van der Waals surface area contributed by atoms with E-state index in [0.29, 0.717) is 5.76 Å². The molecule has 1 heterocycles. The lowest BCUT2D eigenvalue weighted by Gasteiger charge is -1.97. The van der Waals surface area contributed by atoms with Crippen LogP contribution in [0.5, 0.6) is 0 Å². The third kappa shape index (κ3) is 3.90. The largest absolute Gasteiger partial charge is 0.382 e. The quantitative estimate of drug-likeness (QED) is 0.650. The molecule has 0 aliphatic heterocycles. The fourth-order valence-electron chi connectivity index (χ4n) is 0.666. The number of halogens is 1. The first-order chi connectivity index (χ1) is 5.72. The average molecular weight is 252 g/mol. The van der Waals surface area contributed by atoms with Gasteiger partial charge in [0.2, 0.25) is 5.91 Å². The van der Waals surface area contributed by atoms with Crippen LogP contribution in [0.2, 0.25) is 0 Å². The molecule has 74 valence electrons. The molecule has 0 atom stereocenters. The molecule has 13 heavy (non-hydrogen) atoms. The van der Waals surface area contributed by atoms with E-state index < -0.39 is 0 Å². The fourth-order valence-corrected chi connectivity index (χ4v) is 0.666. The van der Waals surface area contributed by atoms with Gasteiger partial charge in [-0.1, -0.05) is 0 Å². The van der Waals surface area contributed by atoms with Gasteiger partial charge >= 0.3 is 0 Å². The Bertz CT molecular complexity index is 319. The molecule has 1 aromatic rings. The Hall–Kier alpha value is -1.08. The number of hydrogen-bond acceptors (Lipinski definition) is 4. The van der Waals surface area contributed by atoms with Crippen LogP contribution in [0.4, 0.5) is 0 Å². The predicted molar refractivity (Wildman–Crippen MR) is 50.6 cm³/mol. The van der Waals surface area contributed by atoms with Crippen LogP contribution in [-0.2, 0) is 11.3 Å². The summed E-state index contributed by atoms with van der Waals surface area (Å²) in [6.45, 7) is 0.101. The van der Waals surface area contributed by atoms with Crippen molar-refractivity contribution in [1.29, 1.82) is 0 Å². The van der Waals surface area contributed by atoms with Crippen LogP contribution in [0.25, 0.3) is 0 Å². The molecule has 0 unspecified atom stereocenters. The summed E-state index contributed by atoms with van der Waals surface area (Å²) < 4.78 is 4.67. The minimum atomic E-state index is -0.327. The molecular weight excluding hydrogens is 242 g/mol. The van der Waals surface area contributed by atoms with Crippen molar-refractivity contribution in [3.8, 4) is 0 Å². The summed E-state index contributed by atoms with van der Waals surface area (Å²) in [5.41, 5.74) is 4.70. The number of nitrogens with one attached hydrogen (secondary N) is 2. The highest BCUT2D eigenvalue weighted by Crippen LogP contribution is 1.89. The van der Waals surface area contributed by atoms with Gasteiger partial charge in [-0.25, -0.2) is 0 Å². The van der Waals surface area contributed by atoms with Gasteiger partial charge in [-0.15, -0.1) is 17.0 Å². The monoisotopic (exact) mass is 251 g/mol. The summed E-state index contributed by atoms with van der Waals surface area (Å²) in [6.07, 6.45) is 0. The van der Waals surface area contributed by atoms with E-state index in [9.17, 15) is 9.59 Å². The number of aromatic nitrogens is 1. The molecule has 0 aliphatic carbocycles. The van der Waals surface area contributed by atoms with Crippen molar-refractivity contribution in [1.82, 2.24) is 10.5 Å². The van der Waals surface area contributed by atoms with Crippen molar-refractivity contribution in [2.24, 2.45) is 5.73 Å². The summed E-state index contributed by atoms with van der Waals surface area (Å²) in [5, 5.41) is 4.54. The Morgan fingerprint density at radius 1 is 1.69 bits per heavy atom. The molecule has 0 bridgehead atoms. The summed E-state index contributed by atoms with van der Waals surface area (Å²) in [5.74, 6) is 0.0839. The highest BCUT2D eigenvalue weighted by molar-refractivity contribution is 8.93. The standard InChI is InChI=1S/C6H9N3O3.BrH/c7-2-6(11)8-3-4-1-5(10)9-12-4;/h1H,2-3,7H2,(H,8,11)(H,9,10);1H. The number of carbonyl (C=O) groups excluding carboxylic acids is 1. The van der Waals surface area contributed by atoms with E-state index in [2.05, 4.69) is 15.0 Å². The SMILES string of the molecule is Br.NCC(=O)NCc1cc(=O)[nH]o1. The second kappa shape index (κ2) is 5.55. The molecule has 1 amide bonds. The van der Waals surface area contributed by atoms with Crippen LogP contribution in [0.1, 0.15) is 5.76 Å². The number of hydrogen-bond donors (Lipinski definition) is 3. The van der Waals surface area contributed by atoms with Crippen LogP contribution >= 0.6 is 17.0 Å². The second-order valence-electron chi connectivity index (χ2n) is 2.16. The Morgan fingerprint density at radius 3 is 2.85 bits per heavy atom. The Kier molecular flexibility index (Phi) is 5.09. The molecule has 4 N–H and O–H groups in total. The number of nitrogens with two attached hydrogens (primary N) is 1. The highest BCUT2D eigenvalue weighted by atomic mass is 79.9. The van der Waals surface area contributed by atoms with Gasteiger partial charge in [0.25, 0.3) is 5.56 Å². The van der Waals surface area contributed by atoms with Crippen molar-refractivity contribution < 1.29 is 9.32 Å². The van der Waals surface area contributed by atoms with Crippen LogP contribution < -0.4 is 16.6 Å². The molecule has 0 saturated heterocycles. The lowest BCUT2D eigenvalue weighted by molar-refractivity contribution is -0.119. The topological polar surface area (TPSA) is 101 Å². The predicted octanol–water partition coefficient (Wildman–Crippen LogP) is -0.879. The Balaban J connectivity index is 0.00000144. The fraction of sp³-hybridized carbons (Fsp3) is 0.333. The number of amides is 1. The first-order valence-electron chi connectivity index (χ1n) is 3.36. The number of H-pyrrole nitrogens is 1. The summed E-state index contributed by atoms with van der Waals surface area (Å²) in [6, 6.07) is 1.26. The van der Waals surface area contributed by atoms with Gasteiger partial charge in [-0.3, -0.25) is 9.59 Å². The maximum atomic E-state index is 10.6. The molecule has 0 saturated carbocycles. The normalized spacial score (nSPS) is 9.00. The van der Waals surface area contributed by atoms with E-state index in [1.807, 2.05) is 0 Å². The van der Waals surface area contributed by atoms with Crippen LogP contribution in [0.3, 0.4) is 0 Å². The zero-order valence-corrected chi connectivity index (χ0v) is 8.41. The van der Waals surface area contributed by atoms with Gasteiger partial charge < -0.3 is 15.6 Å². The first kappa shape index (κ1) is 11.9. The Morgan fingerprint density at radius 2 is 2.38 bits per heavy atom. The molecule has 0 aliphatic rings. The molecular formula is C6H10BrN3O3. The highest BCUT2D eigenvalue weighted by Gasteiger charge is 2.01. The zero-order valence-electron chi connectivity index (χ0n) is 6.70. The molecule has 0 aromatic carbocycles. The minimum Gasteiger partial charge on any atom is -0.382 e. The summed E-state index contributed by atoms with van der Waals surface area (Å²) >= 11 is 0. The van der Waals surface area contributed by atoms with Gasteiger partial charge in [0, 0.05) is 6.07 Å². The molecule has 0 spiro atoms. The van der Waals surface area contributed by atoms with Crippen molar-refractivity contribution in [3.63, 3.8) is 0 Å². The van der Waals surface area contributed by atoms with E-state index >= 15 is 0 Å². The summed E-state index contributed by atoms with van der Waals surface area (Å²) in [4.78, 5) is 21.1. The van der Waals surface area contributed by atoms with Crippen molar-refractivity contribution >= 4 is 22.9 Å². The third-order valence-electron chi connectivity index (χ3n) is 1.22. The smallest absolute Gasteiger partial charge is 0.280 e. The van der Waals surface area contributed by atoms with E-state index in [-0.39, 0.29) is 41.5 Å². The molecule has 0 radical (unpaired) electrons. The van der Waals surface area contributed by atoms with E-state index in [1.54, 1.807) is 0 Å². The molecule has 7 heteroatoms. The Labute approximate surface area is 84.2 Å². The number of aromatic amines is 1. The van der Waals surface area contributed by atoms with Crippen molar-refractivity contribution in [2.75, 3.05) is 6.54 Å². The number of carbonyl (C=O) groups is 1. The van der Waals surface area contributed by atoms with Gasteiger partial charge in [0.15, 0.2) is 5.76 Å². The maximum Gasteiger partial charge on any atom is 0.280 e. The molecule has 0 fully saturated rings. The summed E-state index contributed by atoms with van der Waals surface area (Å²) in [7, 11) is 0. The zero-order chi connectivity index (χ0) is 8.97. The first-order valence-corrected chi connectivity index (χ1v) is 3.36. The lowest BCUT2D eigenvalue weighted by atomic mass is 10.4. The van der Waals surface area contributed by atoms with Gasteiger partial charge in [-0.05, 0) is 0 Å². The van der Waals surface area contributed by atoms with Gasteiger partial charge in [0.05, 0.1) is 13.1 Å². The van der Waals surface area contributed by atoms with Gasteiger partial charge in [-0.2, -0.15) is 5.16 Å². The van der Waals surface area contributed by atoms with Gasteiger partial charge in [0.1, 0.15) is 0 Å². The lowest BCUT2D eigenvalue weighted by Crippen LogP contribution is -2.29. The third-order valence-corrected chi connectivity index (χ3v) is 1.22. The van der Waals surface area contributed by atoms with Crippen molar-refractivity contribution in [2.45, 2.75) is 6.54 Å². The number of rotatable bonds is 3. The van der Waals surface area contributed by atoms with E-state index in [1.165, 1.54) is 6.07 Å². The second-order valence-corrected chi connectivity index (χ2v) is 2.16.